The van der Waals surface area contributed by atoms with Gasteiger partial charge in [0.1, 0.15) is 5.76 Å². The van der Waals surface area contributed by atoms with Crippen molar-refractivity contribution in [2.75, 3.05) is 26.2 Å². The summed E-state index contributed by atoms with van der Waals surface area (Å²) >= 11 is 0. The van der Waals surface area contributed by atoms with Crippen LogP contribution in [0.4, 0.5) is 0 Å². The van der Waals surface area contributed by atoms with Crippen LogP contribution in [-0.4, -0.2) is 36.1 Å². The van der Waals surface area contributed by atoms with Gasteiger partial charge in [-0.2, -0.15) is 0 Å². The molecule has 1 saturated heterocycles. The van der Waals surface area contributed by atoms with Crippen molar-refractivity contribution in [3.63, 3.8) is 0 Å². The summed E-state index contributed by atoms with van der Waals surface area (Å²) in [5, 5.41) is 3.41. The lowest BCUT2D eigenvalue weighted by atomic mass is 10.1. The fourth-order valence-corrected chi connectivity index (χ4v) is 2.31. The van der Waals surface area contributed by atoms with Crippen molar-refractivity contribution >= 4 is 0 Å². The van der Waals surface area contributed by atoms with Gasteiger partial charge in [-0.25, -0.2) is 4.98 Å². The first-order valence-corrected chi connectivity index (χ1v) is 6.68. The van der Waals surface area contributed by atoms with E-state index >= 15 is 0 Å². The number of nitrogens with zero attached hydrogens (tertiary/aromatic N) is 2. The van der Waals surface area contributed by atoms with Crippen molar-refractivity contribution in [2.24, 2.45) is 0 Å². The summed E-state index contributed by atoms with van der Waals surface area (Å²) in [5.41, 5.74) is 0.994. The van der Waals surface area contributed by atoms with Gasteiger partial charge in [-0.1, -0.05) is 6.42 Å². The number of piperidine rings is 1. The van der Waals surface area contributed by atoms with Crippen LogP contribution < -0.4 is 5.32 Å². The van der Waals surface area contributed by atoms with Gasteiger partial charge in [0.2, 0.25) is 0 Å². The summed E-state index contributed by atoms with van der Waals surface area (Å²) < 4.78 is 5.28. The first-order valence-electron chi connectivity index (χ1n) is 6.68. The summed E-state index contributed by atoms with van der Waals surface area (Å²) in [7, 11) is 0. The smallest absolute Gasteiger partial charge is 0.181 e. The van der Waals surface area contributed by atoms with E-state index in [0.717, 1.165) is 24.5 Å². The molecule has 0 aromatic carbocycles. The second kappa shape index (κ2) is 6.77. The molecule has 1 aromatic heterocycles. The lowest BCUT2D eigenvalue weighted by Crippen LogP contribution is -2.32. The molecular weight excluding hydrogens is 214 g/mol. The van der Waals surface area contributed by atoms with Crippen molar-refractivity contribution in [3.05, 3.63) is 17.8 Å². The van der Waals surface area contributed by atoms with E-state index in [0.29, 0.717) is 0 Å². The number of likely N-dealkylation sites (tertiary alicyclic amines) is 1. The SMILES string of the molecule is Cc1ncoc1CNCCCN1CCCCC1. The Bertz CT molecular complexity index is 318. The molecule has 0 unspecified atom stereocenters. The molecule has 1 N–H and O–H groups in total. The van der Waals surface area contributed by atoms with Crippen LogP contribution in [0, 0.1) is 6.92 Å². The molecule has 0 radical (unpaired) electrons. The topological polar surface area (TPSA) is 41.3 Å². The highest BCUT2D eigenvalue weighted by atomic mass is 16.3. The van der Waals surface area contributed by atoms with Gasteiger partial charge >= 0.3 is 0 Å². The Morgan fingerprint density at radius 2 is 2.18 bits per heavy atom. The van der Waals surface area contributed by atoms with Crippen LogP contribution in [0.3, 0.4) is 0 Å². The monoisotopic (exact) mass is 237 g/mol. The van der Waals surface area contributed by atoms with Gasteiger partial charge in [-0.05, 0) is 52.4 Å². The molecule has 4 heteroatoms. The number of hydrogen-bond donors (Lipinski definition) is 1. The summed E-state index contributed by atoms with van der Waals surface area (Å²) in [5.74, 6) is 0.961. The van der Waals surface area contributed by atoms with Gasteiger partial charge in [-0.15, -0.1) is 0 Å². The first-order chi connectivity index (χ1) is 8.36. The Labute approximate surface area is 103 Å². The molecule has 1 fully saturated rings. The number of nitrogens with one attached hydrogen (secondary N) is 1. The van der Waals surface area contributed by atoms with Crippen molar-refractivity contribution < 1.29 is 4.42 Å². The predicted molar refractivity (Wildman–Crippen MR) is 67.9 cm³/mol. The number of oxazole rings is 1. The van der Waals surface area contributed by atoms with Crippen molar-refractivity contribution in [2.45, 2.75) is 39.2 Å². The Hall–Kier alpha value is -0.870. The van der Waals surface area contributed by atoms with Crippen LogP contribution in [0.15, 0.2) is 10.8 Å². The van der Waals surface area contributed by atoms with Crippen LogP contribution in [-0.2, 0) is 6.54 Å². The maximum absolute atomic E-state index is 5.28. The molecule has 0 spiro atoms. The Kier molecular flexibility index (Phi) is 5.01. The van der Waals surface area contributed by atoms with Gasteiger partial charge in [0.05, 0.1) is 12.2 Å². The maximum Gasteiger partial charge on any atom is 0.181 e. The summed E-state index contributed by atoms with van der Waals surface area (Å²) in [6, 6.07) is 0. The van der Waals surface area contributed by atoms with E-state index in [1.54, 1.807) is 0 Å². The van der Waals surface area contributed by atoms with Crippen LogP contribution >= 0.6 is 0 Å². The van der Waals surface area contributed by atoms with Crippen molar-refractivity contribution in [1.29, 1.82) is 0 Å². The molecule has 1 aliphatic rings. The van der Waals surface area contributed by atoms with Crippen molar-refractivity contribution in [3.8, 4) is 0 Å². The third kappa shape index (κ3) is 4.13. The van der Waals surface area contributed by atoms with E-state index < -0.39 is 0 Å². The first kappa shape index (κ1) is 12.6. The summed E-state index contributed by atoms with van der Waals surface area (Å²) in [6.45, 7) is 7.64. The molecule has 1 aliphatic heterocycles. The van der Waals surface area contributed by atoms with E-state index in [2.05, 4.69) is 15.2 Å². The van der Waals surface area contributed by atoms with Gasteiger partial charge in [-0.3, -0.25) is 0 Å². The fourth-order valence-electron chi connectivity index (χ4n) is 2.31. The Morgan fingerprint density at radius 3 is 2.88 bits per heavy atom. The number of aryl methyl sites for hydroxylation is 1. The molecular formula is C13H23N3O. The molecule has 96 valence electrons. The highest BCUT2D eigenvalue weighted by Crippen LogP contribution is 2.08. The standard InChI is InChI=1S/C13H23N3O/c1-12-13(17-11-15-12)10-14-6-5-9-16-7-3-2-4-8-16/h11,14H,2-10H2,1H3. The van der Waals surface area contributed by atoms with Gasteiger partial charge in [0, 0.05) is 0 Å². The van der Waals surface area contributed by atoms with E-state index in [1.807, 2.05) is 6.92 Å². The van der Waals surface area contributed by atoms with E-state index in [9.17, 15) is 0 Å². The fraction of sp³-hybridized carbons (Fsp3) is 0.769. The third-order valence-electron chi connectivity index (χ3n) is 3.41. The highest BCUT2D eigenvalue weighted by Gasteiger charge is 2.08. The number of aromatic nitrogens is 1. The normalized spacial score (nSPS) is 17.5. The van der Waals surface area contributed by atoms with Crippen molar-refractivity contribution in [1.82, 2.24) is 15.2 Å². The average molecular weight is 237 g/mol. The molecule has 0 bridgehead atoms. The lowest BCUT2D eigenvalue weighted by molar-refractivity contribution is 0.225. The Balaban J connectivity index is 1.53. The van der Waals surface area contributed by atoms with Crippen LogP contribution in [0.1, 0.15) is 37.1 Å². The second-order valence-electron chi connectivity index (χ2n) is 4.79. The minimum Gasteiger partial charge on any atom is -0.447 e. The molecule has 0 aliphatic carbocycles. The summed E-state index contributed by atoms with van der Waals surface area (Å²) in [4.78, 5) is 6.65. The molecule has 1 aromatic rings. The van der Waals surface area contributed by atoms with E-state index in [4.69, 9.17) is 4.42 Å². The minimum atomic E-state index is 0.797. The molecule has 0 saturated carbocycles. The lowest BCUT2D eigenvalue weighted by Gasteiger charge is -2.26. The maximum atomic E-state index is 5.28. The third-order valence-corrected chi connectivity index (χ3v) is 3.41. The number of rotatable bonds is 6. The molecule has 2 heterocycles. The average Bonchev–Trinajstić information content (AvgIpc) is 2.76. The molecule has 4 nitrogen and oxygen atoms in total. The molecule has 0 atom stereocenters. The zero-order valence-electron chi connectivity index (χ0n) is 10.7. The van der Waals surface area contributed by atoms with Crippen LogP contribution in [0.5, 0.6) is 0 Å². The molecule has 17 heavy (non-hydrogen) atoms. The van der Waals surface area contributed by atoms with Gasteiger partial charge in [0.25, 0.3) is 0 Å². The zero-order valence-corrected chi connectivity index (χ0v) is 10.7. The quantitative estimate of drug-likeness (QED) is 0.768. The van der Waals surface area contributed by atoms with Crippen LogP contribution in [0.2, 0.25) is 0 Å². The van der Waals surface area contributed by atoms with E-state index in [-0.39, 0.29) is 0 Å². The molecule has 0 amide bonds. The zero-order chi connectivity index (χ0) is 11.9. The highest BCUT2D eigenvalue weighted by molar-refractivity contribution is 5.03. The second-order valence-corrected chi connectivity index (χ2v) is 4.79. The minimum absolute atomic E-state index is 0.797. The largest absolute Gasteiger partial charge is 0.447 e. The molecule has 2 rings (SSSR count). The van der Waals surface area contributed by atoms with Gasteiger partial charge in [0.15, 0.2) is 6.39 Å². The van der Waals surface area contributed by atoms with E-state index in [1.165, 1.54) is 51.7 Å². The van der Waals surface area contributed by atoms with Crippen LogP contribution in [0.25, 0.3) is 0 Å². The number of hydrogen-bond acceptors (Lipinski definition) is 4. The van der Waals surface area contributed by atoms with Gasteiger partial charge < -0.3 is 14.6 Å². The summed E-state index contributed by atoms with van der Waals surface area (Å²) in [6.07, 6.45) is 6.90. The predicted octanol–water partition coefficient (Wildman–Crippen LogP) is 1.95. The Morgan fingerprint density at radius 1 is 1.35 bits per heavy atom.